The average Bonchev–Trinajstić information content (AvgIpc) is 2.35. The fourth-order valence-electron chi connectivity index (χ4n) is 1.57. The Morgan fingerprint density at radius 1 is 1.19 bits per heavy atom. The van der Waals surface area contributed by atoms with Gasteiger partial charge in [0.2, 0.25) is 0 Å². The summed E-state index contributed by atoms with van der Waals surface area (Å²) < 4.78 is 0. The normalized spacial score (nSPS) is 12.1. The van der Waals surface area contributed by atoms with E-state index < -0.39 is 5.92 Å². The summed E-state index contributed by atoms with van der Waals surface area (Å²) in [7, 11) is 0. The van der Waals surface area contributed by atoms with Gasteiger partial charge in [-0.05, 0) is 13.3 Å². The molecular formula is C14H18O2. The SMILES string of the molecule is CCCCC(=O)C(C)C(=O)c1ccccc1. The maximum absolute atomic E-state index is 11.9. The van der Waals surface area contributed by atoms with Crippen LogP contribution in [0.5, 0.6) is 0 Å². The van der Waals surface area contributed by atoms with Crippen molar-refractivity contribution in [3.63, 3.8) is 0 Å². The van der Waals surface area contributed by atoms with E-state index in [4.69, 9.17) is 0 Å². The van der Waals surface area contributed by atoms with Crippen molar-refractivity contribution in [2.24, 2.45) is 5.92 Å². The van der Waals surface area contributed by atoms with Crippen LogP contribution < -0.4 is 0 Å². The second-order valence-electron chi connectivity index (χ2n) is 4.02. The molecule has 0 aliphatic carbocycles. The minimum Gasteiger partial charge on any atom is -0.299 e. The van der Waals surface area contributed by atoms with E-state index in [1.807, 2.05) is 25.1 Å². The first-order chi connectivity index (χ1) is 7.66. The molecule has 0 saturated carbocycles. The molecule has 0 aliphatic rings. The van der Waals surface area contributed by atoms with Gasteiger partial charge in [0.15, 0.2) is 5.78 Å². The minimum absolute atomic E-state index is 0.0516. The lowest BCUT2D eigenvalue weighted by Crippen LogP contribution is -2.21. The van der Waals surface area contributed by atoms with E-state index in [9.17, 15) is 9.59 Å². The number of carbonyl (C=O) groups is 2. The quantitative estimate of drug-likeness (QED) is 0.542. The van der Waals surface area contributed by atoms with E-state index in [2.05, 4.69) is 0 Å². The fourth-order valence-corrected chi connectivity index (χ4v) is 1.57. The molecular weight excluding hydrogens is 200 g/mol. The second kappa shape index (κ2) is 6.21. The Hall–Kier alpha value is -1.44. The monoisotopic (exact) mass is 218 g/mol. The molecule has 0 fully saturated rings. The summed E-state index contributed by atoms with van der Waals surface area (Å²) in [6.45, 7) is 3.74. The summed E-state index contributed by atoms with van der Waals surface area (Å²) in [6.07, 6.45) is 2.36. The molecule has 1 aromatic rings. The molecule has 0 spiro atoms. The van der Waals surface area contributed by atoms with Gasteiger partial charge in [0.05, 0.1) is 5.92 Å². The summed E-state index contributed by atoms with van der Waals surface area (Å²) in [4.78, 5) is 23.6. The third-order valence-electron chi connectivity index (χ3n) is 2.71. The molecule has 0 aromatic heterocycles. The number of rotatable bonds is 6. The zero-order chi connectivity index (χ0) is 12.0. The van der Waals surface area contributed by atoms with Crippen molar-refractivity contribution in [1.82, 2.24) is 0 Å². The van der Waals surface area contributed by atoms with Crippen LogP contribution in [0.1, 0.15) is 43.5 Å². The predicted octanol–water partition coefficient (Wildman–Crippen LogP) is 3.26. The van der Waals surface area contributed by atoms with Crippen LogP contribution in [-0.4, -0.2) is 11.6 Å². The highest BCUT2D eigenvalue weighted by Crippen LogP contribution is 2.12. The summed E-state index contributed by atoms with van der Waals surface area (Å²) in [5.41, 5.74) is 0.625. The fraction of sp³-hybridized carbons (Fsp3) is 0.429. The highest BCUT2D eigenvalue weighted by Gasteiger charge is 2.21. The Balaban J connectivity index is 2.64. The molecule has 1 aromatic carbocycles. The lowest BCUT2D eigenvalue weighted by Gasteiger charge is -2.08. The molecule has 1 unspecified atom stereocenters. The topological polar surface area (TPSA) is 34.1 Å². The van der Waals surface area contributed by atoms with Gasteiger partial charge in [-0.25, -0.2) is 0 Å². The molecule has 0 bridgehead atoms. The summed E-state index contributed by atoms with van der Waals surface area (Å²) >= 11 is 0. The molecule has 1 atom stereocenters. The first-order valence-corrected chi connectivity index (χ1v) is 5.78. The van der Waals surface area contributed by atoms with Crippen LogP contribution in [-0.2, 0) is 4.79 Å². The molecule has 2 heteroatoms. The van der Waals surface area contributed by atoms with Gasteiger partial charge in [-0.15, -0.1) is 0 Å². The number of unbranched alkanes of at least 4 members (excludes halogenated alkanes) is 1. The standard InChI is InChI=1S/C14H18O2/c1-3-4-10-13(15)11(2)14(16)12-8-6-5-7-9-12/h5-9,11H,3-4,10H2,1-2H3. The van der Waals surface area contributed by atoms with Gasteiger partial charge in [0.25, 0.3) is 0 Å². The highest BCUT2D eigenvalue weighted by atomic mass is 16.1. The van der Waals surface area contributed by atoms with Gasteiger partial charge in [0, 0.05) is 12.0 Å². The first-order valence-electron chi connectivity index (χ1n) is 5.78. The molecule has 0 radical (unpaired) electrons. The van der Waals surface area contributed by atoms with Crippen LogP contribution in [0.25, 0.3) is 0 Å². The summed E-state index contributed by atoms with van der Waals surface area (Å²) in [6, 6.07) is 9.01. The van der Waals surface area contributed by atoms with Gasteiger partial charge in [-0.3, -0.25) is 9.59 Å². The highest BCUT2D eigenvalue weighted by molar-refractivity contribution is 6.10. The van der Waals surface area contributed by atoms with Crippen molar-refractivity contribution >= 4 is 11.6 Å². The number of benzene rings is 1. The zero-order valence-corrected chi connectivity index (χ0v) is 9.90. The zero-order valence-electron chi connectivity index (χ0n) is 9.90. The lowest BCUT2D eigenvalue weighted by molar-refractivity contribution is -0.121. The Kier molecular flexibility index (Phi) is 4.90. The molecule has 0 heterocycles. The molecule has 0 amide bonds. The van der Waals surface area contributed by atoms with Crippen LogP contribution in [0.15, 0.2) is 30.3 Å². The summed E-state index contributed by atoms with van der Waals surface area (Å²) in [5, 5.41) is 0. The van der Waals surface area contributed by atoms with E-state index in [-0.39, 0.29) is 11.6 Å². The van der Waals surface area contributed by atoms with Crippen LogP contribution in [0.2, 0.25) is 0 Å². The van der Waals surface area contributed by atoms with Gasteiger partial charge in [-0.1, -0.05) is 43.7 Å². The maximum atomic E-state index is 11.9. The maximum Gasteiger partial charge on any atom is 0.173 e. The molecule has 1 rings (SSSR count). The third-order valence-corrected chi connectivity index (χ3v) is 2.71. The smallest absolute Gasteiger partial charge is 0.173 e. The van der Waals surface area contributed by atoms with Crippen molar-refractivity contribution in [3.8, 4) is 0 Å². The van der Waals surface area contributed by atoms with E-state index in [0.29, 0.717) is 12.0 Å². The second-order valence-corrected chi connectivity index (χ2v) is 4.02. The third kappa shape index (κ3) is 3.30. The Morgan fingerprint density at radius 3 is 2.38 bits per heavy atom. The van der Waals surface area contributed by atoms with Gasteiger partial charge < -0.3 is 0 Å². The first kappa shape index (κ1) is 12.6. The van der Waals surface area contributed by atoms with E-state index in [1.54, 1.807) is 19.1 Å². The molecule has 16 heavy (non-hydrogen) atoms. The molecule has 2 nitrogen and oxygen atoms in total. The van der Waals surface area contributed by atoms with Crippen LogP contribution in [0.4, 0.5) is 0 Å². The van der Waals surface area contributed by atoms with Crippen LogP contribution in [0.3, 0.4) is 0 Å². The predicted molar refractivity (Wildman–Crippen MR) is 64.5 cm³/mol. The van der Waals surface area contributed by atoms with Gasteiger partial charge in [0.1, 0.15) is 5.78 Å². The van der Waals surface area contributed by atoms with Gasteiger partial charge in [-0.2, -0.15) is 0 Å². The Morgan fingerprint density at radius 2 is 1.81 bits per heavy atom. The van der Waals surface area contributed by atoms with Crippen LogP contribution in [0, 0.1) is 5.92 Å². The van der Waals surface area contributed by atoms with Crippen molar-refractivity contribution in [3.05, 3.63) is 35.9 Å². The number of hydrogen-bond donors (Lipinski definition) is 0. The van der Waals surface area contributed by atoms with Crippen molar-refractivity contribution in [2.75, 3.05) is 0 Å². The Labute approximate surface area is 96.7 Å². The summed E-state index contributed by atoms with van der Waals surface area (Å²) in [5.74, 6) is -0.522. The van der Waals surface area contributed by atoms with E-state index in [0.717, 1.165) is 12.8 Å². The molecule has 0 N–H and O–H groups in total. The van der Waals surface area contributed by atoms with E-state index >= 15 is 0 Å². The van der Waals surface area contributed by atoms with Crippen LogP contribution >= 0.6 is 0 Å². The lowest BCUT2D eigenvalue weighted by atomic mass is 9.93. The number of carbonyl (C=O) groups excluding carboxylic acids is 2. The largest absolute Gasteiger partial charge is 0.299 e. The molecule has 0 aliphatic heterocycles. The molecule has 0 saturated heterocycles. The number of ketones is 2. The van der Waals surface area contributed by atoms with Crippen molar-refractivity contribution in [2.45, 2.75) is 33.1 Å². The average molecular weight is 218 g/mol. The van der Waals surface area contributed by atoms with Crippen molar-refractivity contribution < 1.29 is 9.59 Å². The van der Waals surface area contributed by atoms with E-state index in [1.165, 1.54) is 0 Å². The van der Waals surface area contributed by atoms with Gasteiger partial charge >= 0.3 is 0 Å². The van der Waals surface area contributed by atoms with Crippen molar-refractivity contribution in [1.29, 1.82) is 0 Å². The number of hydrogen-bond acceptors (Lipinski definition) is 2. The Bertz CT molecular complexity index is 354. The minimum atomic E-state index is -0.506. The number of Topliss-reactive ketones (excluding diaryl/α,β-unsaturated/α-hetero) is 2. The molecule has 86 valence electrons.